The molecule has 1 aliphatic heterocycles. The lowest BCUT2D eigenvalue weighted by Crippen LogP contribution is -2.08. The number of halogens is 1. The molecule has 1 aromatic rings. The number of hydrogen-bond acceptors (Lipinski definition) is 2. The van der Waals surface area contributed by atoms with Crippen molar-refractivity contribution in [2.75, 3.05) is 13.1 Å². The van der Waals surface area contributed by atoms with Crippen molar-refractivity contribution in [3.63, 3.8) is 0 Å². The molecule has 1 fully saturated rings. The van der Waals surface area contributed by atoms with Gasteiger partial charge in [-0.05, 0) is 42.6 Å². The molecule has 0 saturated carbocycles. The molecule has 0 radical (unpaired) electrons. The fourth-order valence-electron chi connectivity index (χ4n) is 1.85. The maximum absolute atomic E-state index is 13.1. The van der Waals surface area contributed by atoms with Gasteiger partial charge in [0.05, 0.1) is 11.6 Å². The molecular formula is C11H11FN2. The van der Waals surface area contributed by atoms with E-state index in [9.17, 15) is 4.39 Å². The predicted octanol–water partition coefficient (Wildman–Crippen LogP) is 1.77. The molecule has 3 heteroatoms. The second-order valence-corrected chi connectivity index (χ2v) is 3.57. The van der Waals surface area contributed by atoms with E-state index in [1.807, 2.05) is 6.07 Å². The Bertz CT molecular complexity index is 375. The summed E-state index contributed by atoms with van der Waals surface area (Å²) in [5.74, 6) is 0.0451. The molecule has 1 aromatic carbocycles. The molecule has 1 N–H and O–H groups in total. The van der Waals surface area contributed by atoms with Crippen molar-refractivity contribution >= 4 is 0 Å². The second kappa shape index (κ2) is 3.77. The Labute approximate surface area is 82.4 Å². The highest BCUT2D eigenvalue weighted by molar-refractivity contribution is 5.35. The second-order valence-electron chi connectivity index (χ2n) is 3.57. The minimum absolute atomic E-state index is 0.314. The van der Waals surface area contributed by atoms with E-state index < -0.39 is 0 Å². The number of nitrogens with zero attached hydrogens (tertiary/aromatic N) is 1. The summed E-state index contributed by atoms with van der Waals surface area (Å²) in [4.78, 5) is 0. The molecule has 1 aliphatic rings. The van der Waals surface area contributed by atoms with Crippen LogP contribution in [-0.4, -0.2) is 13.1 Å². The highest BCUT2D eigenvalue weighted by atomic mass is 19.1. The van der Waals surface area contributed by atoms with Crippen molar-refractivity contribution in [1.82, 2.24) is 5.32 Å². The van der Waals surface area contributed by atoms with Gasteiger partial charge in [0.1, 0.15) is 5.82 Å². The summed E-state index contributed by atoms with van der Waals surface area (Å²) in [5, 5.41) is 11.9. The largest absolute Gasteiger partial charge is 0.316 e. The van der Waals surface area contributed by atoms with Crippen LogP contribution >= 0.6 is 0 Å². The van der Waals surface area contributed by atoms with Crippen LogP contribution in [0.25, 0.3) is 0 Å². The van der Waals surface area contributed by atoms with Crippen LogP contribution in [0.2, 0.25) is 0 Å². The molecule has 0 aliphatic carbocycles. The molecule has 1 heterocycles. The zero-order valence-electron chi connectivity index (χ0n) is 7.76. The summed E-state index contributed by atoms with van der Waals surface area (Å²) in [7, 11) is 0. The van der Waals surface area contributed by atoms with Gasteiger partial charge in [-0.25, -0.2) is 4.39 Å². The van der Waals surface area contributed by atoms with Gasteiger partial charge < -0.3 is 5.32 Å². The van der Waals surface area contributed by atoms with E-state index in [0.29, 0.717) is 11.5 Å². The third-order valence-electron chi connectivity index (χ3n) is 2.58. The molecular weight excluding hydrogens is 179 g/mol. The first-order chi connectivity index (χ1) is 6.79. The lowest BCUT2D eigenvalue weighted by atomic mass is 9.97. The van der Waals surface area contributed by atoms with Crippen LogP contribution in [0, 0.1) is 17.1 Å². The van der Waals surface area contributed by atoms with Gasteiger partial charge in [-0.1, -0.05) is 0 Å². The van der Waals surface area contributed by atoms with Gasteiger partial charge in [0, 0.05) is 6.54 Å². The van der Waals surface area contributed by atoms with E-state index in [0.717, 1.165) is 25.1 Å². The number of benzene rings is 1. The summed E-state index contributed by atoms with van der Waals surface area (Å²) >= 11 is 0. The van der Waals surface area contributed by atoms with Gasteiger partial charge >= 0.3 is 0 Å². The maximum Gasteiger partial charge on any atom is 0.124 e. The summed E-state index contributed by atoms with van der Waals surface area (Å²) in [6, 6.07) is 6.55. The van der Waals surface area contributed by atoms with Crippen molar-refractivity contribution in [2.45, 2.75) is 12.3 Å². The van der Waals surface area contributed by atoms with Gasteiger partial charge in [0.2, 0.25) is 0 Å². The van der Waals surface area contributed by atoms with Gasteiger partial charge in [0.25, 0.3) is 0 Å². The Kier molecular flexibility index (Phi) is 2.47. The molecule has 1 saturated heterocycles. The van der Waals surface area contributed by atoms with Crippen molar-refractivity contribution in [3.05, 3.63) is 35.1 Å². The number of nitrogens with one attached hydrogen (secondary N) is 1. The van der Waals surface area contributed by atoms with E-state index in [2.05, 4.69) is 5.32 Å². The topological polar surface area (TPSA) is 35.8 Å². The Morgan fingerprint density at radius 2 is 2.29 bits per heavy atom. The summed E-state index contributed by atoms with van der Waals surface area (Å²) in [6.45, 7) is 1.86. The van der Waals surface area contributed by atoms with Crippen molar-refractivity contribution in [3.8, 4) is 6.07 Å². The zero-order chi connectivity index (χ0) is 9.97. The first-order valence-corrected chi connectivity index (χ1v) is 4.71. The lowest BCUT2D eigenvalue weighted by Gasteiger charge is -2.08. The Balaban J connectivity index is 2.33. The number of rotatable bonds is 1. The van der Waals surface area contributed by atoms with Crippen LogP contribution in [0.4, 0.5) is 4.39 Å². The van der Waals surface area contributed by atoms with E-state index in [1.165, 1.54) is 12.1 Å². The van der Waals surface area contributed by atoms with Gasteiger partial charge in [-0.2, -0.15) is 5.26 Å². The average Bonchev–Trinajstić information content (AvgIpc) is 2.69. The molecule has 0 amide bonds. The van der Waals surface area contributed by atoms with E-state index in [-0.39, 0.29) is 5.82 Å². The Hall–Kier alpha value is -1.40. The third kappa shape index (κ3) is 1.75. The van der Waals surface area contributed by atoms with Crippen LogP contribution in [0.15, 0.2) is 18.2 Å². The van der Waals surface area contributed by atoms with Gasteiger partial charge in [-0.3, -0.25) is 0 Å². The van der Waals surface area contributed by atoms with Crippen LogP contribution in [0.5, 0.6) is 0 Å². The van der Waals surface area contributed by atoms with Crippen LogP contribution in [0.3, 0.4) is 0 Å². The van der Waals surface area contributed by atoms with Crippen LogP contribution < -0.4 is 5.32 Å². The lowest BCUT2D eigenvalue weighted by molar-refractivity contribution is 0.620. The van der Waals surface area contributed by atoms with Gasteiger partial charge in [-0.15, -0.1) is 0 Å². The quantitative estimate of drug-likeness (QED) is 0.732. The molecule has 0 bridgehead atoms. The van der Waals surface area contributed by atoms with Crippen molar-refractivity contribution in [1.29, 1.82) is 5.26 Å². The highest BCUT2D eigenvalue weighted by Crippen LogP contribution is 2.23. The SMILES string of the molecule is N#Cc1cc(F)cc(C2CCNC2)c1. The average molecular weight is 190 g/mol. The fraction of sp³-hybridized carbons (Fsp3) is 0.364. The molecule has 2 nitrogen and oxygen atoms in total. The fourth-order valence-corrected chi connectivity index (χ4v) is 1.85. The standard InChI is InChI=1S/C11H11FN2/c12-11-4-8(6-13)3-10(5-11)9-1-2-14-7-9/h3-5,9,14H,1-2,7H2. The molecule has 2 rings (SSSR count). The number of hydrogen-bond donors (Lipinski definition) is 1. The summed E-state index contributed by atoms with van der Waals surface area (Å²) in [5.41, 5.74) is 1.35. The molecule has 1 atom stereocenters. The van der Waals surface area contributed by atoms with E-state index in [4.69, 9.17) is 5.26 Å². The minimum atomic E-state index is -0.314. The van der Waals surface area contributed by atoms with Gasteiger partial charge in [0.15, 0.2) is 0 Å². The predicted molar refractivity (Wildman–Crippen MR) is 51.3 cm³/mol. The maximum atomic E-state index is 13.1. The van der Waals surface area contributed by atoms with E-state index >= 15 is 0 Å². The monoisotopic (exact) mass is 190 g/mol. The molecule has 72 valence electrons. The first-order valence-electron chi connectivity index (χ1n) is 4.71. The third-order valence-corrected chi connectivity index (χ3v) is 2.58. The molecule has 1 unspecified atom stereocenters. The van der Waals surface area contributed by atoms with Crippen LogP contribution in [0.1, 0.15) is 23.5 Å². The zero-order valence-corrected chi connectivity index (χ0v) is 7.76. The molecule has 0 aromatic heterocycles. The summed E-state index contributed by atoms with van der Waals surface area (Å²) < 4.78 is 13.1. The highest BCUT2D eigenvalue weighted by Gasteiger charge is 2.17. The van der Waals surface area contributed by atoms with Crippen molar-refractivity contribution < 1.29 is 4.39 Å². The normalized spacial score (nSPS) is 20.7. The minimum Gasteiger partial charge on any atom is -0.316 e. The van der Waals surface area contributed by atoms with Crippen molar-refractivity contribution in [2.24, 2.45) is 0 Å². The Morgan fingerprint density at radius 3 is 2.93 bits per heavy atom. The number of nitriles is 1. The Morgan fingerprint density at radius 1 is 1.43 bits per heavy atom. The smallest absolute Gasteiger partial charge is 0.124 e. The first kappa shape index (κ1) is 9.17. The molecule has 0 spiro atoms. The summed E-state index contributed by atoms with van der Waals surface area (Å²) in [6.07, 6.45) is 1.02. The molecule has 14 heavy (non-hydrogen) atoms. The van der Waals surface area contributed by atoms with E-state index in [1.54, 1.807) is 6.07 Å². The van der Waals surface area contributed by atoms with Crippen LogP contribution in [-0.2, 0) is 0 Å².